The Bertz CT molecular complexity index is 1680. The number of esters is 1. The Morgan fingerprint density at radius 1 is 0.950 bits per heavy atom. The molecule has 5 rings (SSSR count). The lowest BCUT2D eigenvalue weighted by molar-refractivity contribution is -0.152. The van der Waals surface area contributed by atoms with Crippen molar-refractivity contribution in [2.45, 2.75) is 19.2 Å². The van der Waals surface area contributed by atoms with Gasteiger partial charge in [0.25, 0.3) is 5.91 Å². The number of aromatic nitrogens is 3. The van der Waals surface area contributed by atoms with Crippen LogP contribution in [0.5, 0.6) is 11.6 Å². The van der Waals surface area contributed by atoms with E-state index in [2.05, 4.69) is 20.3 Å². The van der Waals surface area contributed by atoms with Crippen LogP contribution in [0.4, 0.5) is 18.3 Å². The van der Waals surface area contributed by atoms with Gasteiger partial charge in [-0.25, -0.2) is 15.0 Å². The number of amides is 1. The highest BCUT2D eigenvalue weighted by atomic mass is 32.1. The van der Waals surface area contributed by atoms with Crippen molar-refractivity contribution < 1.29 is 32.2 Å². The fraction of sp³-hybridized carbons (Fsp3) is 0.107. The van der Waals surface area contributed by atoms with Crippen LogP contribution in [0.1, 0.15) is 24.2 Å². The van der Waals surface area contributed by atoms with Gasteiger partial charge in [0.05, 0.1) is 16.0 Å². The molecule has 40 heavy (non-hydrogen) atoms. The number of nitrogens with one attached hydrogen (secondary N) is 1. The molecule has 3 aromatic carbocycles. The van der Waals surface area contributed by atoms with Crippen molar-refractivity contribution in [3.05, 3.63) is 96.3 Å². The highest BCUT2D eigenvalue weighted by molar-refractivity contribution is 7.22. The molecule has 0 spiro atoms. The first-order valence-corrected chi connectivity index (χ1v) is 12.6. The standard InChI is InChI=1S/C28H19F3N4O4S/c1-16(36)38-25(18-6-3-2-4-7-18)26(37)35-27-34-24-21(8-5-9-22(24)40-27)39-23-14-20(32-15-33-23)17-10-12-19(13-11-17)28(29,30)31/h2-15,25H,1H3,(H,34,35,37). The third kappa shape index (κ3) is 6.07. The Kier molecular flexibility index (Phi) is 7.43. The molecule has 1 amide bonds. The van der Waals surface area contributed by atoms with Crippen LogP contribution in [-0.2, 0) is 20.5 Å². The fourth-order valence-electron chi connectivity index (χ4n) is 3.79. The molecule has 2 heterocycles. The van der Waals surface area contributed by atoms with E-state index < -0.39 is 29.7 Å². The predicted molar refractivity (Wildman–Crippen MR) is 142 cm³/mol. The van der Waals surface area contributed by atoms with Crippen LogP contribution in [0.3, 0.4) is 0 Å². The molecule has 0 saturated carbocycles. The molecule has 1 N–H and O–H groups in total. The van der Waals surface area contributed by atoms with Gasteiger partial charge in [-0.15, -0.1) is 0 Å². The maximum absolute atomic E-state index is 13.0. The molecule has 5 aromatic rings. The smallest absolute Gasteiger partial charge is 0.416 e. The van der Waals surface area contributed by atoms with Crippen LogP contribution in [0.15, 0.2) is 85.2 Å². The number of carbonyl (C=O) groups is 2. The number of para-hydroxylation sites is 1. The van der Waals surface area contributed by atoms with Gasteiger partial charge in [-0.05, 0) is 24.3 Å². The van der Waals surface area contributed by atoms with E-state index in [0.717, 1.165) is 12.1 Å². The summed E-state index contributed by atoms with van der Waals surface area (Å²) in [6.07, 6.45) is -4.36. The lowest BCUT2D eigenvalue weighted by atomic mass is 10.1. The molecule has 0 aliphatic heterocycles. The van der Waals surface area contributed by atoms with Crippen molar-refractivity contribution in [3.63, 3.8) is 0 Å². The number of hydrogen-bond acceptors (Lipinski definition) is 8. The second kappa shape index (κ2) is 11.1. The Morgan fingerprint density at radius 3 is 2.40 bits per heavy atom. The van der Waals surface area contributed by atoms with Crippen molar-refractivity contribution in [1.82, 2.24) is 15.0 Å². The maximum atomic E-state index is 13.0. The van der Waals surface area contributed by atoms with Crippen LogP contribution in [0, 0.1) is 0 Å². The molecular weight excluding hydrogens is 545 g/mol. The molecular formula is C28H19F3N4O4S. The predicted octanol–water partition coefficient (Wildman–Crippen LogP) is 6.81. The van der Waals surface area contributed by atoms with Gasteiger partial charge in [0.2, 0.25) is 12.0 Å². The van der Waals surface area contributed by atoms with E-state index in [9.17, 15) is 22.8 Å². The summed E-state index contributed by atoms with van der Waals surface area (Å²) in [6.45, 7) is 1.22. The second-order valence-corrected chi connectivity index (χ2v) is 9.46. The average molecular weight is 565 g/mol. The number of carbonyl (C=O) groups excluding carboxylic acids is 2. The summed E-state index contributed by atoms with van der Waals surface area (Å²) in [6, 6.07) is 19.9. The molecule has 12 heteroatoms. The number of thiazole rings is 1. The van der Waals surface area contributed by atoms with Gasteiger partial charge in [-0.2, -0.15) is 13.2 Å². The number of alkyl halides is 3. The quantitative estimate of drug-likeness (QED) is 0.217. The van der Waals surface area contributed by atoms with E-state index in [1.807, 2.05) is 0 Å². The Balaban J connectivity index is 1.37. The van der Waals surface area contributed by atoms with E-state index in [4.69, 9.17) is 9.47 Å². The Hall–Kier alpha value is -4.84. The third-order valence-corrected chi connectivity index (χ3v) is 6.54. The maximum Gasteiger partial charge on any atom is 0.416 e. The van der Waals surface area contributed by atoms with Gasteiger partial charge in [-0.1, -0.05) is 59.9 Å². The largest absolute Gasteiger partial charge is 0.447 e. The number of rotatable bonds is 7. The van der Waals surface area contributed by atoms with E-state index in [-0.39, 0.29) is 11.0 Å². The molecule has 202 valence electrons. The van der Waals surface area contributed by atoms with Crippen LogP contribution >= 0.6 is 11.3 Å². The molecule has 0 aliphatic carbocycles. The minimum atomic E-state index is -4.44. The lowest BCUT2D eigenvalue weighted by Crippen LogP contribution is -2.25. The lowest BCUT2D eigenvalue weighted by Gasteiger charge is -2.16. The molecule has 0 fully saturated rings. The van der Waals surface area contributed by atoms with Crippen LogP contribution < -0.4 is 10.1 Å². The van der Waals surface area contributed by atoms with Crippen molar-refractivity contribution in [1.29, 1.82) is 0 Å². The Labute approximate surface area is 229 Å². The molecule has 1 unspecified atom stereocenters. The second-order valence-electron chi connectivity index (χ2n) is 8.43. The summed E-state index contributed by atoms with van der Waals surface area (Å²) in [7, 11) is 0. The van der Waals surface area contributed by atoms with E-state index >= 15 is 0 Å². The van der Waals surface area contributed by atoms with E-state index in [1.54, 1.807) is 48.5 Å². The molecule has 8 nitrogen and oxygen atoms in total. The minimum Gasteiger partial charge on any atom is -0.447 e. The first-order valence-electron chi connectivity index (χ1n) is 11.8. The zero-order valence-corrected chi connectivity index (χ0v) is 21.5. The molecule has 0 bridgehead atoms. The monoisotopic (exact) mass is 564 g/mol. The third-order valence-electron chi connectivity index (χ3n) is 5.60. The van der Waals surface area contributed by atoms with Gasteiger partial charge in [-0.3, -0.25) is 14.9 Å². The highest BCUT2D eigenvalue weighted by Crippen LogP contribution is 2.36. The number of ether oxygens (including phenoxy) is 2. The molecule has 1 atom stereocenters. The Morgan fingerprint density at radius 2 is 1.70 bits per heavy atom. The molecule has 0 saturated heterocycles. The number of hydrogen-bond donors (Lipinski definition) is 1. The van der Waals surface area contributed by atoms with Gasteiger partial charge >= 0.3 is 12.1 Å². The van der Waals surface area contributed by atoms with E-state index in [0.29, 0.717) is 32.8 Å². The zero-order valence-electron chi connectivity index (χ0n) is 20.7. The van der Waals surface area contributed by atoms with Crippen molar-refractivity contribution in [2.75, 3.05) is 5.32 Å². The average Bonchev–Trinajstić information content (AvgIpc) is 3.35. The van der Waals surface area contributed by atoms with Crippen LogP contribution in [0.2, 0.25) is 0 Å². The van der Waals surface area contributed by atoms with Crippen molar-refractivity contribution in [2.24, 2.45) is 0 Å². The van der Waals surface area contributed by atoms with Gasteiger partial charge in [0, 0.05) is 24.1 Å². The van der Waals surface area contributed by atoms with Gasteiger partial charge in [0.15, 0.2) is 10.9 Å². The number of fused-ring (bicyclic) bond motifs is 1. The van der Waals surface area contributed by atoms with Crippen molar-refractivity contribution >= 4 is 38.6 Å². The topological polar surface area (TPSA) is 103 Å². The SMILES string of the molecule is CC(=O)OC(C(=O)Nc1nc2c(Oc3cc(-c4ccc(C(F)(F)F)cc4)ncn3)cccc2s1)c1ccccc1. The number of halogens is 3. The van der Waals surface area contributed by atoms with Crippen molar-refractivity contribution in [3.8, 4) is 22.9 Å². The summed E-state index contributed by atoms with van der Waals surface area (Å²) in [4.78, 5) is 37.4. The van der Waals surface area contributed by atoms with E-state index in [1.165, 1.54) is 42.8 Å². The number of nitrogens with zero attached hydrogens (tertiary/aromatic N) is 3. The fourth-order valence-corrected chi connectivity index (χ4v) is 4.68. The zero-order chi connectivity index (χ0) is 28.3. The first-order chi connectivity index (χ1) is 19.2. The minimum absolute atomic E-state index is 0.148. The van der Waals surface area contributed by atoms with Crippen LogP contribution in [-0.4, -0.2) is 26.8 Å². The number of benzene rings is 3. The van der Waals surface area contributed by atoms with Gasteiger partial charge in [0.1, 0.15) is 11.8 Å². The molecule has 2 aromatic heterocycles. The normalized spacial score (nSPS) is 12.1. The molecule has 0 radical (unpaired) electrons. The summed E-state index contributed by atoms with van der Waals surface area (Å²) < 4.78 is 50.6. The summed E-state index contributed by atoms with van der Waals surface area (Å²) in [5.74, 6) is -0.690. The first kappa shape index (κ1) is 26.8. The van der Waals surface area contributed by atoms with Crippen LogP contribution in [0.25, 0.3) is 21.5 Å². The summed E-state index contributed by atoms with van der Waals surface area (Å²) >= 11 is 1.20. The summed E-state index contributed by atoms with van der Waals surface area (Å²) in [5, 5.41) is 2.96. The van der Waals surface area contributed by atoms with Gasteiger partial charge < -0.3 is 9.47 Å². The highest BCUT2D eigenvalue weighted by Gasteiger charge is 2.30. The number of anilines is 1. The summed E-state index contributed by atoms with van der Waals surface area (Å²) in [5.41, 5.74) is 1.02. The molecule has 0 aliphatic rings.